The molecule has 1 saturated carbocycles. The van der Waals surface area contributed by atoms with Crippen molar-refractivity contribution in [1.82, 2.24) is 29.3 Å². The quantitative estimate of drug-likeness (QED) is 0.164. The number of imidazole rings is 1. The van der Waals surface area contributed by atoms with Gasteiger partial charge in [0.05, 0.1) is 38.3 Å². The number of fused-ring (bicyclic) bond motifs is 1. The third kappa shape index (κ3) is 6.00. The molecule has 3 N–H and O–H groups in total. The van der Waals surface area contributed by atoms with Crippen LogP contribution in [0.5, 0.6) is 11.5 Å². The zero-order chi connectivity index (χ0) is 32.5. The Morgan fingerprint density at radius 1 is 0.851 bits per heavy atom. The Morgan fingerprint density at radius 3 is 2.13 bits per heavy atom. The molecule has 0 bridgehead atoms. The van der Waals surface area contributed by atoms with E-state index in [2.05, 4.69) is 20.3 Å². The molecule has 6 aromatic rings. The Hall–Kier alpha value is -4.97. The van der Waals surface area contributed by atoms with E-state index in [4.69, 9.17) is 26.2 Å². The van der Waals surface area contributed by atoms with Crippen LogP contribution in [-0.2, 0) is 0 Å². The number of nitrogens with one attached hydrogen (secondary N) is 1. The van der Waals surface area contributed by atoms with Crippen LogP contribution in [-0.4, -0.2) is 72.5 Å². The fraction of sp³-hybridized carbons (Fsp3) is 0.257. The van der Waals surface area contributed by atoms with Crippen LogP contribution in [0.2, 0.25) is 5.28 Å². The molecular weight excluding hydrogens is 618 g/mol. The molecule has 240 valence electrons. The maximum absolute atomic E-state index is 11.2. The number of aliphatic hydroxyl groups is 2. The number of hydrogen-bond donors (Lipinski definition) is 3. The molecule has 47 heavy (non-hydrogen) atoms. The van der Waals surface area contributed by atoms with Crippen molar-refractivity contribution < 1.29 is 19.7 Å². The summed E-state index contributed by atoms with van der Waals surface area (Å²) < 4.78 is 14.2. The first-order valence-electron chi connectivity index (χ1n) is 15.3. The summed E-state index contributed by atoms with van der Waals surface area (Å²) in [5.74, 6) is 1.96. The highest BCUT2D eigenvalue weighted by Crippen LogP contribution is 2.40. The van der Waals surface area contributed by atoms with Crippen LogP contribution in [0.1, 0.15) is 35.5 Å². The van der Waals surface area contributed by atoms with E-state index >= 15 is 0 Å². The van der Waals surface area contributed by atoms with Crippen LogP contribution in [0.4, 0.5) is 5.82 Å². The standard InChI is InChI=1S/C35H34ClN7O4/c1-46-24-12-8-21(9-13-24)26(22-10-14-25(47-2)15-11-22)19-37-33-30-34(40-35(36)39-33)42(20-38-30)28-18-29(32(45)31(28)44)43-17-16-27(41-43)23-6-4-3-5-7-23/h3-17,20,26,28-29,31-32,44-45H,18-19H2,1-2H3,(H,37,39,40)/t28-,29+,31+,32-/m1/s1. The largest absolute Gasteiger partial charge is 0.497 e. The van der Waals surface area contributed by atoms with Gasteiger partial charge in [0.2, 0.25) is 5.28 Å². The molecule has 12 heteroatoms. The Bertz CT molecular complexity index is 1920. The van der Waals surface area contributed by atoms with Gasteiger partial charge in [-0.3, -0.25) is 4.68 Å². The van der Waals surface area contributed by atoms with Gasteiger partial charge in [-0.25, -0.2) is 4.98 Å². The molecule has 7 rings (SSSR count). The van der Waals surface area contributed by atoms with E-state index in [9.17, 15) is 10.2 Å². The lowest BCUT2D eigenvalue weighted by molar-refractivity contribution is 0.00726. The van der Waals surface area contributed by atoms with Crippen molar-refractivity contribution in [3.05, 3.63) is 114 Å². The summed E-state index contributed by atoms with van der Waals surface area (Å²) in [5, 5.41) is 30.6. The van der Waals surface area contributed by atoms with Gasteiger partial charge in [-0.1, -0.05) is 54.6 Å². The number of rotatable bonds is 10. The predicted octanol–water partition coefficient (Wildman–Crippen LogP) is 5.51. The molecule has 3 aromatic heterocycles. The van der Waals surface area contributed by atoms with Gasteiger partial charge in [0.15, 0.2) is 17.0 Å². The molecule has 3 heterocycles. The Balaban J connectivity index is 1.16. The van der Waals surface area contributed by atoms with Gasteiger partial charge in [0.25, 0.3) is 0 Å². The van der Waals surface area contributed by atoms with Crippen LogP contribution < -0.4 is 14.8 Å². The molecular formula is C35H34ClN7O4. The number of hydrogen-bond acceptors (Lipinski definition) is 9. The average molecular weight is 652 g/mol. The first-order chi connectivity index (χ1) is 22.9. The fourth-order valence-corrected chi connectivity index (χ4v) is 6.53. The lowest BCUT2D eigenvalue weighted by atomic mass is 9.91. The summed E-state index contributed by atoms with van der Waals surface area (Å²) in [4.78, 5) is 13.6. The highest BCUT2D eigenvalue weighted by atomic mass is 35.5. The molecule has 0 radical (unpaired) electrons. The molecule has 0 aliphatic heterocycles. The van der Waals surface area contributed by atoms with E-state index in [-0.39, 0.29) is 11.2 Å². The normalized spacial score (nSPS) is 19.4. The molecule has 0 amide bonds. The number of ether oxygens (including phenoxy) is 2. The Morgan fingerprint density at radius 2 is 1.49 bits per heavy atom. The zero-order valence-corrected chi connectivity index (χ0v) is 26.6. The highest BCUT2D eigenvalue weighted by Gasteiger charge is 2.44. The van der Waals surface area contributed by atoms with E-state index in [1.165, 1.54) is 0 Å². The SMILES string of the molecule is COc1ccc(C(CNc2nc(Cl)nc3c2ncn3[C@@H]2C[C@H](n3ccc(-c4ccccc4)n3)[C@@H](O)[C@H]2O)c2ccc(OC)cc2)cc1. The molecule has 0 spiro atoms. The molecule has 1 aliphatic rings. The molecule has 0 saturated heterocycles. The minimum absolute atomic E-state index is 0.0383. The van der Waals surface area contributed by atoms with E-state index in [1.807, 2.05) is 91.1 Å². The van der Waals surface area contributed by atoms with Gasteiger partial charge in [-0.2, -0.15) is 15.1 Å². The third-order valence-electron chi connectivity index (χ3n) is 8.90. The maximum atomic E-state index is 11.2. The van der Waals surface area contributed by atoms with Gasteiger partial charge >= 0.3 is 0 Å². The van der Waals surface area contributed by atoms with Gasteiger partial charge in [-0.05, 0) is 59.5 Å². The van der Waals surface area contributed by atoms with Crippen molar-refractivity contribution in [2.75, 3.05) is 26.1 Å². The highest BCUT2D eigenvalue weighted by molar-refractivity contribution is 6.28. The predicted molar refractivity (Wildman–Crippen MR) is 179 cm³/mol. The second-order valence-electron chi connectivity index (χ2n) is 11.5. The monoisotopic (exact) mass is 651 g/mol. The van der Waals surface area contributed by atoms with Gasteiger partial charge in [0, 0.05) is 24.2 Å². The number of methoxy groups -OCH3 is 2. The van der Waals surface area contributed by atoms with E-state index in [1.54, 1.807) is 29.8 Å². The molecule has 0 unspecified atom stereocenters. The number of halogens is 1. The molecule has 3 aromatic carbocycles. The van der Waals surface area contributed by atoms with Crippen LogP contribution in [0.15, 0.2) is 97.5 Å². The number of aromatic nitrogens is 6. The van der Waals surface area contributed by atoms with Gasteiger partial charge in [-0.15, -0.1) is 0 Å². The second kappa shape index (κ2) is 13.0. The summed E-state index contributed by atoms with van der Waals surface area (Å²) in [7, 11) is 3.29. The smallest absolute Gasteiger partial charge is 0.226 e. The summed E-state index contributed by atoms with van der Waals surface area (Å²) in [6, 6.07) is 26.7. The second-order valence-corrected chi connectivity index (χ2v) is 11.9. The van der Waals surface area contributed by atoms with Crippen molar-refractivity contribution >= 4 is 28.6 Å². The summed E-state index contributed by atoms with van der Waals surface area (Å²) in [5.41, 5.74) is 4.89. The van der Waals surface area contributed by atoms with Crippen LogP contribution >= 0.6 is 11.6 Å². The van der Waals surface area contributed by atoms with E-state index in [0.29, 0.717) is 29.9 Å². The molecule has 1 aliphatic carbocycles. The molecule has 1 fully saturated rings. The number of benzene rings is 3. The first kappa shape index (κ1) is 30.7. The lowest BCUT2D eigenvalue weighted by Crippen LogP contribution is -2.30. The zero-order valence-electron chi connectivity index (χ0n) is 25.8. The summed E-state index contributed by atoms with van der Waals surface area (Å²) >= 11 is 6.47. The van der Waals surface area contributed by atoms with Crippen LogP contribution in [0, 0.1) is 0 Å². The Kier molecular flexibility index (Phi) is 8.50. The van der Waals surface area contributed by atoms with Gasteiger partial charge < -0.3 is 29.6 Å². The number of anilines is 1. The Labute approximate surface area is 276 Å². The van der Waals surface area contributed by atoms with Crippen molar-refractivity contribution in [3.63, 3.8) is 0 Å². The van der Waals surface area contributed by atoms with E-state index < -0.39 is 24.3 Å². The summed E-state index contributed by atoms with van der Waals surface area (Å²) in [6.07, 6.45) is 1.73. The van der Waals surface area contributed by atoms with Crippen LogP contribution in [0.25, 0.3) is 22.4 Å². The number of aliphatic hydroxyl groups excluding tert-OH is 2. The minimum Gasteiger partial charge on any atom is -0.497 e. The summed E-state index contributed by atoms with van der Waals surface area (Å²) in [6.45, 7) is 0.476. The first-order valence-corrected chi connectivity index (χ1v) is 15.7. The van der Waals surface area contributed by atoms with Crippen molar-refractivity contribution in [1.29, 1.82) is 0 Å². The van der Waals surface area contributed by atoms with E-state index in [0.717, 1.165) is 33.9 Å². The fourth-order valence-electron chi connectivity index (χ4n) is 6.36. The average Bonchev–Trinajstić information content (AvgIpc) is 3.84. The topological polar surface area (TPSA) is 132 Å². The molecule has 4 atom stereocenters. The van der Waals surface area contributed by atoms with Gasteiger partial charge in [0.1, 0.15) is 23.7 Å². The maximum Gasteiger partial charge on any atom is 0.226 e. The van der Waals surface area contributed by atoms with Crippen molar-refractivity contribution in [3.8, 4) is 22.8 Å². The van der Waals surface area contributed by atoms with Crippen molar-refractivity contribution in [2.45, 2.75) is 36.6 Å². The molecule has 11 nitrogen and oxygen atoms in total. The lowest BCUT2D eigenvalue weighted by Gasteiger charge is -2.20. The van der Waals surface area contributed by atoms with Crippen molar-refractivity contribution in [2.24, 2.45) is 0 Å². The third-order valence-corrected chi connectivity index (χ3v) is 9.07. The number of nitrogens with zero attached hydrogens (tertiary/aromatic N) is 6. The minimum atomic E-state index is -1.08. The van der Waals surface area contributed by atoms with Crippen LogP contribution in [0.3, 0.4) is 0 Å².